The van der Waals surface area contributed by atoms with Crippen molar-refractivity contribution >= 4 is 32.6 Å². The summed E-state index contributed by atoms with van der Waals surface area (Å²) >= 11 is 0. The highest BCUT2D eigenvalue weighted by Crippen LogP contribution is 2.19. The molecule has 0 bridgehead atoms. The van der Waals surface area contributed by atoms with Gasteiger partial charge in [-0.25, -0.2) is 12.8 Å². The number of sulfonamides is 1. The van der Waals surface area contributed by atoms with Crippen LogP contribution in [0.1, 0.15) is 18.4 Å². The number of benzene rings is 3. The van der Waals surface area contributed by atoms with Gasteiger partial charge in [0.15, 0.2) is 0 Å². The van der Waals surface area contributed by atoms with Gasteiger partial charge in [-0.3, -0.25) is 9.59 Å². The van der Waals surface area contributed by atoms with Crippen LogP contribution < -0.4 is 15.8 Å². The first-order chi connectivity index (χ1) is 14.8. The molecule has 2 amide bonds. The SMILES string of the molecule is NC(=O)CC[C@H](NS(=O)(=O)c1ccc2ccccc2c1)C(=O)NCc1ccccc1F. The lowest BCUT2D eigenvalue weighted by Crippen LogP contribution is -2.46. The standard InChI is InChI=1S/C22H22FN3O4S/c23-19-8-4-3-7-17(19)14-25-22(28)20(11-12-21(24)27)26-31(29,30)18-10-9-15-5-1-2-6-16(15)13-18/h1-10,13,20,26H,11-12,14H2,(H2,24,27)(H,25,28)/t20-/m0/s1. The number of fused-ring (bicyclic) bond motifs is 1. The molecule has 0 fully saturated rings. The van der Waals surface area contributed by atoms with Crippen molar-refractivity contribution in [1.29, 1.82) is 0 Å². The van der Waals surface area contributed by atoms with Gasteiger partial charge in [0, 0.05) is 18.5 Å². The molecule has 0 saturated heterocycles. The Kier molecular flexibility index (Phi) is 6.98. The number of hydrogen-bond acceptors (Lipinski definition) is 4. The molecule has 4 N–H and O–H groups in total. The Labute approximate surface area is 179 Å². The van der Waals surface area contributed by atoms with Crippen LogP contribution in [0.4, 0.5) is 4.39 Å². The minimum absolute atomic E-state index is 0.0165. The lowest BCUT2D eigenvalue weighted by molar-refractivity contribution is -0.123. The van der Waals surface area contributed by atoms with Gasteiger partial charge in [-0.2, -0.15) is 4.72 Å². The maximum Gasteiger partial charge on any atom is 0.241 e. The van der Waals surface area contributed by atoms with Crippen LogP contribution in [0.3, 0.4) is 0 Å². The summed E-state index contributed by atoms with van der Waals surface area (Å²) in [5.74, 6) is -1.85. The van der Waals surface area contributed by atoms with Crippen LogP contribution >= 0.6 is 0 Å². The second kappa shape index (κ2) is 9.67. The van der Waals surface area contributed by atoms with Gasteiger partial charge in [0.05, 0.1) is 4.90 Å². The van der Waals surface area contributed by atoms with Gasteiger partial charge >= 0.3 is 0 Å². The van der Waals surface area contributed by atoms with Crippen LogP contribution in [0, 0.1) is 5.82 Å². The summed E-state index contributed by atoms with van der Waals surface area (Å²) in [6.45, 7) is -0.129. The van der Waals surface area contributed by atoms with Gasteiger partial charge < -0.3 is 11.1 Å². The molecule has 0 radical (unpaired) electrons. The number of halogens is 1. The zero-order chi connectivity index (χ0) is 22.4. The van der Waals surface area contributed by atoms with Gasteiger partial charge in [0.1, 0.15) is 11.9 Å². The summed E-state index contributed by atoms with van der Waals surface area (Å²) in [5, 5.41) is 4.10. The lowest BCUT2D eigenvalue weighted by Gasteiger charge is -2.18. The summed E-state index contributed by atoms with van der Waals surface area (Å²) in [6.07, 6.45) is -0.330. The fraction of sp³-hybridized carbons (Fsp3) is 0.182. The number of nitrogens with two attached hydrogens (primary N) is 1. The van der Waals surface area contributed by atoms with E-state index in [1.54, 1.807) is 24.3 Å². The third-order valence-electron chi connectivity index (χ3n) is 4.74. The Morgan fingerprint density at radius 1 is 0.968 bits per heavy atom. The van der Waals surface area contributed by atoms with Crippen molar-refractivity contribution in [3.63, 3.8) is 0 Å². The van der Waals surface area contributed by atoms with Crippen LogP contribution in [-0.2, 0) is 26.2 Å². The first kappa shape index (κ1) is 22.4. The molecule has 3 aromatic carbocycles. The fourth-order valence-corrected chi connectivity index (χ4v) is 4.33. The molecule has 0 aliphatic rings. The number of carbonyl (C=O) groups excluding carboxylic acids is 2. The molecule has 0 aromatic heterocycles. The van der Waals surface area contributed by atoms with E-state index in [2.05, 4.69) is 10.0 Å². The highest BCUT2D eigenvalue weighted by molar-refractivity contribution is 7.89. The predicted octanol–water partition coefficient (Wildman–Crippen LogP) is 2.21. The van der Waals surface area contributed by atoms with Crippen LogP contribution in [0.2, 0.25) is 0 Å². The molecule has 0 aliphatic heterocycles. The molecule has 0 heterocycles. The molecule has 31 heavy (non-hydrogen) atoms. The molecule has 9 heteroatoms. The fourth-order valence-electron chi connectivity index (χ4n) is 3.07. The second-order valence-corrected chi connectivity index (χ2v) is 8.71. The van der Waals surface area contributed by atoms with Crippen molar-refractivity contribution in [3.05, 3.63) is 78.1 Å². The maximum absolute atomic E-state index is 13.8. The first-order valence-corrected chi connectivity index (χ1v) is 11.0. The molecule has 3 rings (SSSR count). The topological polar surface area (TPSA) is 118 Å². The third kappa shape index (κ3) is 5.87. The number of carbonyl (C=O) groups is 2. The molecule has 7 nitrogen and oxygen atoms in total. The summed E-state index contributed by atoms with van der Waals surface area (Å²) in [4.78, 5) is 23.8. The van der Waals surface area contributed by atoms with Crippen LogP contribution in [0.15, 0.2) is 71.6 Å². The molecule has 3 aromatic rings. The van der Waals surface area contributed by atoms with Gasteiger partial charge in [0.2, 0.25) is 21.8 Å². The van der Waals surface area contributed by atoms with E-state index in [1.807, 2.05) is 12.1 Å². The highest BCUT2D eigenvalue weighted by atomic mass is 32.2. The zero-order valence-electron chi connectivity index (χ0n) is 16.5. The molecule has 1 atom stereocenters. The van der Waals surface area contributed by atoms with E-state index in [1.165, 1.54) is 30.3 Å². The largest absolute Gasteiger partial charge is 0.370 e. The van der Waals surface area contributed by atoms with E-state index in [4.69, 9.17) is 5.73 Å². The van der Waals surface area contributed by atoms with Gasteiger partial charge in [0.25, 0.3) is 0 Å². The van der Waals surface area contributed by atoms with E-state index in [0.29, 0.717) is 0 Å². The smallest absolute Gasteiger partial charge is 0.241 e. The first-order valence-electron chi connectivity index (χ1n) is 9.57. The highest BCUT2D eigenvalue weighted by Gasteiger charge is 2.26. The Hall–Kier alpha value is -3.30. The van der Waals surface area contributed by atoms with Gasteiger partial charge in [-0.15, -0.1) is 0 Å². The van der Waals surface area contributed by atoms with Gasteiger partial charge in [-0.1, -0.05) is 48.5 Å². The van der Waals surface area contributed by atoms with E-state index in [-0.39, 0.29) is 29.8 Å². The number of hydrogen-bond donors (Lipinski definition) is 3. The van der Waals surface area contributed by atoms with E-state index >= 15 is 0 Å². The van der Waals surface area contributed by atoms with E-state index in [9.17, 15) is 22.4 Å². The van der Waals surface area contributed by atoms with Crippen LogP contribution in [0.25, 0.3) is 10.8 Å². The minimum atomic E-state index is -4.07. The Balaban J connectivity index is 1.78. The Morgan fingerprint density at radius 3 is 2.35 bits per heavy atom. The van der Waals surface area contributed by atoms with Crippen molar-refractivity contribution in [2.45, 2.75) is 30.3 Å². The quantitative estimate of drug-likeness (QED) is 0.470. The number of nitrogens with one attached hydrogen (secondary N) is 2. The summed E-state index contributed by atoms with van der Waals surface area (Å²) < 4.78 is 41.9. The predicted molar refractivity (Wildman–Crippen MR) is 115 cm³/mol. The normalized spacial score (nSPS) is 12.4. The minimum Gasteiger partial charge on any atom is -0.370 e. The summed E-state index contributed by atoms with van der Waals surface area (Å²) in [5.41, 5.74) is 5.42. The van der Waals surface area contributed by atoms with Crippen LogP contribution in [-0.4, -0.2) is 26.3 Å². The number of primary amides is 1. The van der Waals surface area contributed by atoms with E-state index in [0.717, 1.165) is 10.8 Å². The van der Waals surface area contributed by atoms with Crippen molar-refractivity contribution in [3.8, 4) is 0 Å². The maximum atomic E-state index is 13.8. The molecule has 0 spiro atoms. The zero-order valence-corrected chi connectivity index (χ0v) is 17.4. The average molecular weight is 444 g/mol. The molecule has 0 unspecified atom stereocenters. The number of amides is 2. The second-order valence-electron chi connectivity index (χ2n) is 7.00. The lowest BCUT2D eigenvalue weighted by atomic mass is 10.1. The van der Waals surface area contributed by atoms with E-state index < -0.39 is 33.7 Å². The monoisotopic (exact) mass is 443 g/mol. The molecule has 0 aliphatic carbocycles. The van der Waals surface area contributed by atoms with Crippen molar-refractivity contribution < 1.29 is 22.4 Å². The Morgan fingerprint density at radius 2 is 1.65 bits per heavy atom. The summed E-state index contributed by atoms with van der Waals surface area (Å²) in [6, 6.07) is 16.5. The van der Waals surface area contributed by atoms with Gasteiger partial charge in [-0.05, 0) is 35.4 Å². The summed E-state index contributed by atoms with van der Waals surface area (Å²) in [7, 11) is -4.07. The Bertz CT molecular complexity index is 1210. The molecular weight excluding hydrogens is 421 g/mol. The number of rotatable bonds is 9. The van der Waals surface area contributed by atoms with Crippen molar-refractivity contribution in [1.82, 2.24) is 10.0 Å². The average Bonchev–Trinajstić information content (AvgIpc) is 2.75. The molecular formula is C22H22FN3O4S. The van der Waals surface area contributed by atoms with Crippen molar-refractivity contribution in [2.75, 3.05) is 0 Å². The van der Waals surface area contributed by atoms with Crippen LogP contribution in [0.5, 0.6) is 0 Å². The molecule has 0 saturated carbocycles. The third-order valence-corrected chi connectivity index (χ3v) is 6.20. The molecule has 162 valence electrons. The van der Waals surface area contributed by atoms with Crippen molar-refractivity contribution in [2.24, 2.45) is 5.73 Å².